The lowest BCUT2D eigenvalue weighted by atomic mass is 10.0. The molecule has 0 spiro atoms. The molecular formula is C14H13N3O2. The van der Waals surface area contributed by atoms with Crippen molar-refractivity contribution in [3.8, 4) is 11.5 Å². The Kier molecular flexibility index (Phi) is 2.79. The number of aromatic nitrogens is 1. The van der Waals surface area contributed by atoms with Crippen molar-refractivity contribution in [1.82, 2.24) is 4.98 Å². The van der Waals surface area contributed by atoms with Gasteiger partial charge in [-0.3, -0.25) is 9.78 Å². The zero-order valence-electron chi connectivity index (χ0n) is 10.2. The highest BCUT2D eigenvalue weighted by Gasteiger charge is 2.17. The molecule has 0 saturated carbocycles. The van der Waals surface area contributed by atoms with E-state index in [1.807, 2.05) is 12.1 Å². The number of carbonyl (C=O) groups excluding carboxylic acids is 1. The number of fused-ring (bicyclic) bond motifs is 1. The van der Waals surface area contributed by atoms with E-state index in [9.17, 15) is 4.79 Å². The molecule has 3 rings (SSSR count). The summed E-state index contributed by atoms with van der Waals surface area (Å²) in [6.45, 7) is 0. The maximum Gasteiger partial charge on any atom is 0.224 e. The van der Waals surface area contributed by atoms with Crippen LogP contribution in [0.3, 0.4) is 0 Å². The number of nitrogens with two attached hydrogens (primary N) is 1. The van der Waals surface area contributed by atoms with Crippen LogP contribution in [0.4, 0.5) is 11.4 Å². The molecule has 0 bridgehead atoms. The largest absolute Gasteiger partial charge is 0.454 e. The molecule has 19 heavy (non-hydrogen) atoms. The predicted octanol–water partition coefficient (Wildman–Crippen LogP) is 2.34. The van der Waals surface area contributed by atoms with E-state index in [0.717, 1.165) is 11.3 Å². The molecule has 1 amide bonds. The number of hydrogen-bond donors (Lipinski definition) is 2. The Bertz CT molecular complexity index is 626. The number of nitrogen functional groups attached to an aromatic ring is 1. The second kappa shape index (κ2) is 4.61. The van der Waals surface area contributed by atoms with Gasteiger partial charge in [0.1, 0.15) is 5.75 Å². The lowest BCUT2D eigenvalue weighted by Crippen LogP contribution is -2.19. The minimum atomic E-state index is 0.0211. The van der Waals surface area contributed by atoms with Crippen molar-refractivity contribution < 1.29 is 9.53 Å². The van der Waals surface area contributed by atoms with Gasteiger partial charge in [0.2, 0.25) is 5.91 Å². The van der Waals surface area contributed by atoms with Crippen LogP contribution in [-0.2, 0) is 11.2 Å². The molecule has 5 nitrogen and oxygen atoms in total. The average molecular weight is 255 g/mol. The fourth-order valence-corrected chi connectivity index (χ4v) is 2.05. The fraction of sp³-hybridized carbons (Fsp3) is 0.143. The van der Waals surface area contributed by atoms with Crippen molar-refractivity contribution >= 4 is 17.3 Å². The first-order valence-corrected chi connectivity index (χ1v) is 6.02. The van der Waals surface area contributed by atoms with E-state index in [1.54, 1.807) is 24.5 Å². The quantitative estimate of drug-likeness (QED) is 0.807. The zero-order chi connectivity index (χ0) is 13.2. The van der Waals surface area contributed by atoms with E-state index >= 15 is 0 Å². The van der Waals surface area contributed by atoms with E-state index in [-0.39, 0.29) is 5.91 Å². The first-order chi connectivity index (χ1) is 9.22. The number of carbonyl (C=O) groups is 1. The van der Waals surface area contributed by atoms with E-state index in [4.69, 9.17) is 10.5 Å². The van der Waals surface area contributed by atoms with E-state index in [2.05, 4.69) is 10.3 Å². The summed E-state index contributed by atoms with van der Waals surface area (Å²) in [6, 6.07) is 7.22. The minimum Gasteiger partial charge on any atom is -0.454 e. The third-order valence-electron chi connectivity index (χ3n) is 2.99. The van der Waals surface area contributed by atoms with Crippen LogP contribution >= 0.6 is 0 Å². The van der Waals surface area contributed by atoms with E-state index in [1.165, 1.54) is 0 Å². The summed E-state index contributed by atoms with van der Waals surface area (Å²) in [7, 11) is 0. The van der Waals surface area contributed by atoms with E-state index in [0.29, 0.717) is 30.0 Å². The van der Waals surface area contributed by atoms with Crippen molar-refractivity contribution in [2.45, 2.75) is 12.8 Å². The number of rotatable bonds is 2. The summed E-state index contributed by atoms with van der Waals surface area (Å²) in [5.41, 5.74) is 8.24. The molecule has 0 saturated heterocycles. The molecule has 0 unspecified atom stereocenters. The predicted molar refractivity (Wildman–Crippen MR) is 72.1 cm³/mol. The number of aryl methyl sites for hydroxylation is 1. The Morgan fingerprint density at radius 1 is 1.32 bits per heavy atom. The highest BCUT2D eigenvalue weighted by atomic mass is 16.5. The number of amides is 1. The summed E-state index contributed by atoms with van der Waals surface area (Å²) in [5, 5.41) is 2.80. The highest BCUT2D eigenvalue weighted by molar-refractivity contribution is 5.94. The molecule has 1 aliphatic rings. The van der Waals surface area contributed by atoms with Crippen LogP contribution in [-0.4, -0.2) is 10.9 Å². The summed E-state index contributed by atoms with van der Waals surface area (Å²) >= 11 is 0. The molecule has 1 aliphatic heterocycles. The fourth-order valence-electron chi connectivity index (χ4n) is 2.05. The zero-order valence-corrected chi connectivity index (χ0v) is 10.2. The molecule has 0 fully saturated rings. The van der Waals surface area contributed by atoms with Crippen LogP contribution in [0.1, 0.15) is 12.0 Å². The molecule has 3 N–H and O–H groups in total. The smallest absolute Gasteiger partial charge is 0.224 e. The second-order valence-electron chi connectivity index (χ2n) is 4.39. The topological polar surface area (TPSA) is 77.2 Å². The molecule has 0 atom stereocenters. The van der Waals surface area contributed by atoms with Crippen LogP contribution in [0.15, 0.2) is 36.7 Å². The van der Waals surface area contributed by atoms with Crippen LogP contribution in [0.5, 0.6) is 11.5 Å². The summed E-state index contributed by atoms with van der Waals surface area (Å²) in [4.78, 5) is 15.3. The summed E-state index contributed by atoms with van der Waals surface area (Å²) < 4.78 is 5.70. The number of ether oxygens (including phenoxy) is 1. The summed E-state index contributed by atoms with van der Waals surface area (Å²) in [5.74, 6) is 1.24. The van der Waals surface area contributed by atoms with Gasteiger partial charge in [0, 0.05) is 18.3 Å². The van der Waals surface area contributed by atoms with Gasteiger partial charge in [-0.05, 0) is 36.2 Å². The minimum absolute atomic E-state index is 0.0211. The molecule has 0 radical (unpaired) electrons. The van der Waals surface area contributed by atoms with Gasteiger partial charge >= 0.3 is 0 Å². The Labute approximate surface area is 110 Å². The lowest BCUT2D eigenvalue weighted by molar-refractivity contribution is -0.116. The molecular weight excluding hydrogens is 242 g/mol. The van der Waals surface area contributed by atoms with Gasteiger partial charge < -0.3 is 15.8 Å². The van der Waals surface area contributed by atoms with Gasteiger partial charge in [-0.1, -0.05) is 0 Å². The lowest BCUT2D eigenvalue weighted by Gasteiger charge is -2.19. The summed E-state index contributed by atoms with van der Waals surface area (Å²) in [6.07, 6.45) is 4.49. The molecule has 1 aromatic carbocycles. The molecule has 2 heterocycles. The maximum atomic E-state index is 11.3. The van der Waals surface area contributed by atoms with Gasteiger partial charge in [-0.2, -0.15) is 0 Å². The number of benzene rings is 1. The first kappa shape index (κ1) is 11.5. The molecule has 96 valence electrons. The number of nitrogens with one attached hydrogen (secondary N) is 1. The maximum absolute atomic E-state index is 11.3. The molecule has 0 aliphatic carbocycles. The van der Waals surface area contributed by atoms with E-state index < -0.39 is 0 Å². The average Bonchev–Trinajstić information content (AvgIpc) is 2.41. The van der Waals surface area contributed by atoms with Crippen molar-refractivity contribution in [3.63, 3.8) is 0 Å². The van der Waals surface area contributed by atoms with Gasteiger partial charge in [0.15, 0.2) is 5.75 Å². The standard InChI is InChI=1S/C14H13N3O2/c15-11-7-12-9(3-4-14(18)17-12)6-13(11)19-10-2-1-5-16-8-10/h1-2,5-8H,3-4,15H2,(H,17,18). The van der Waals surface area contributed by atoms with Gasteiger partial charge in [0.25, 0.3) is 0 Å². The van der Waals surface area contributed by atoms with Crippen LogP contribution in [0.25, 0.3) is 0 Å². The molecule has 1 aromatic heterocycles. The first-order valence-electron chi connectivity index (χ1n) is 6.02. The number of anilines is 2. The van der Waals surface area contributed by atoms with Crippen molar-refractivity contribution in [2.24, 2.45) is 0 Å². The van der Waals surface area contributed by atoms with Crippen molar-refractivity contribution in [2.75, 3.05) is 11.1 Å². The normalized spacial score (nSPS) is 13.6. The van der Waals surface area contributed by atoms with Crippen LogP contribution < -0.4 is 15.8 Å². The van der Waals surface area contributed by atoms with Crippen LogP contribution in [0.2, 0.25) is 0 Å². The monoisotopic (exact) mass is 255 g/mol. The molecule has 5 heteroatoms. The SMILES string of the molecule is Nc1cc2c(cc1Oc1cccnc1)CCC(=O)N2. The number of nitrogens with zero attached hydrogens (tertiary/aromatic N) is 1. The Morgan fingerprint density at radius 2 is 2.21 bits per heavy atom. The Hall–Kier alpha value is -2.56. The highest BCUT2D eigenvalue weighted by Crippen LogP contribution is 2.34. The van der Waals surface area contributed by atoms with Crippen LogP contribution in [0, 0.1) is 0 Å². The van der Waals surface area contributed by atoms with Crippen molar-refractivity contribution in [1.29, 1.82) is 0 Å². The van der Waals surface area contributed by atoms with Gasteiger partial charge in [-0.25, -0.2) is 0 Å². The third-order valence-corrected chi connectivity index (χ3v) is 2.99. The molecule has 2 aromatic rings. The second-order valence-corrected chi connectivity index (χ2v) is 4.39. The third kappa shape index (κ3) is 2.35. The number of hydrogen-bond acceptors (Lipinski definition) is 4. The Balaban J connectivity index is 1.93. The van der Waals surface area contributed by atoms with Crippen molar-refractivity contribution in [3.05, 3.63) is 42.2 Å². The van der Waals surface area contributed by atoms with Gasteiger partial charge in [-0.15, -0.1) is 0 Å². The van der Waals surface area contributed by atoms with Gasteiger partial charge in [0.05, 0.1) is 11.9 Å². The number of pyridine rings is 1. The Morgan fingerprint density at radius 3 is 3.00 bits per heavy atom.